The van der Waals surface area contributed by atoms with E-state index in [1.54, 1.807) is 24.8 Å². The number of amides is 1. The third-order valence-electron chi connectivity index (χ3n) is 5.51. The second kappa shape index (κ2) is 7.59. The van der Waals surface area contributed by atoms with Crippen molar-refractivity contribution in [2.75, 3.05) is 23.3 Å². The highest BCUT2D eigenvalue weighted by atomic mass is 16.1. The first-order valence-electron chi connectivity index (χ1n) is 10.1. The van der Waals surface area contributed by atoms with Crippen molar-refractivity contribution >= 4 is 28.3 Å². The van der Waals surface area contributed by atoms with Gasteiger partial charge in [-0.2, -0.15) is 0 Å². The number of anilines is 2. The Hall–Kier alpha value is -3.74. The number of aryl methyl sites for hydroxylation is 1. The number of fused-ring (bicyclic) bond motifs is 1. The molecule has 5 rings (SSSR count). The zero-order chi connectivity index (χ0) is 20.5. The molecule has 1 fully saturated rings. The summed E-state index contributed by atoms with van der Waals surface area (Å²) in [5.41, 5.74) is 2.68. The second-order valence-corrected chi connectivity index (χ2v) is 7.57. The molecule has 4 aromatic rings. The van der Waals surface area contributed by atoms with Crippen molar-refractivity contribution in [2.45, 2.75) is 12.8 Å². The van der Waals surface area contributed by atoms with Gasteiger partial charge in [-0.15, -0.1) is 0 Å². The molecule has 0 aliphatic carbocycles. The molecule has 7 heteroatoms. The highest BCUT2D eigenvalue weighted by Crippen LogP contribution is 2.25. The van der Waals surface area contributed by atoms with E-state index in [1.807, 2.05) is 36.0 Å². The summed E-state index contributed by atoms with van der Waals surface area (Å²) < 4.78 is 1.98. The van der Waals surface area contributed by atoms with Gasteiger partial charge >= 0.3 is 0 Å². The van der Waals surface area contributed by atoms with Gasteiger partial charge in [0.25, 0.3) is 5.91 Å². The van der Waals surface area contributed by atoms with Crippen LogP contribution in [-0.4, -0.2) is 38.5 Å². The normalized spacial score (nSPS) is 13.7. The smallest absolute Gasteiger partial charge is 0.257 e. The molecule has 0 unspecified atom stereocenters. The summed E-state index contributed by atoms with van der Waals surface area (Å²) in [7, 11) is 1.97. The number of pyridine rings is 2. The number of nitrogens with one attached hydrogen (secondary N) is 1. The van der Waals surface area contributed by atoms with E-state index in [0.717, 1.165) is 40.9 Å². The quantitative estimate of drug-likeness (QED) is 0.565. The summed E-state index contributed by atoms with van der Waals surface area (Å²) in [6.07, 6.45) is 9.42. The van der Waals surface area contributed by atoms with Crippen molar-refractivity contribution in [2.24, 2.45) is 7.05 Å². The fourth-order valence-electron chi connectivity index (χ4n) is 3.87. The highest BCUT2D eigenvalue weighted by Gasteiger charge is 2.16. The van der Waals surface area contributed by atoms with Crippen LogP contribution in [0.25, 0.3) is 22.0 Å². The topological polar surface area (TPSA) is 75.9 Å². The summed E-state index contributed by atoms with van der Waals surface area (Å²) in [5.74, 6) is 1.19. The van der Waals surface area contributed by atoms with Crippen LogP contribution in [0.15, 0.2) is 61.3 Å². The lowest BCUT2D eigenvalue weighted by molar-refractivity contribution is 0.102. The molecule has 1 aliphatic rings. The molecule has 30 heavy (non-hydrogen) atoms. The van der Waals surface area contributed by atoms with Gasteiger partial charge in [-0.1, -0.05) is 12.1 Å². The van der Waals surface area contributed by atoms with E-state index >= 15 is 0 Å². The van der Waals surface area contributed by atoms with E-state index in [2.05, 4.69) is 37.3 Å². The van der Waals surface area contributed by atoms with Crippen LogP contribution in [-0.2, 0) is 7.05 Å². The minimum absolute atomic E-state index is 0.188. The van der Waals surface area contributed by atoms with Gasteiger partial charge in [-0.3, -0.25) is 4.79 Å². The van der Waals surface area contributed by atoms with Gasteiger partial charge in [-0.05, 0) is 42.5 Å². The molecule has 7 nitrogen and oxygen atoms in total. The summed E-state index contributed by atoms with van der Waals surface area (Å²) >= 11 is 0. The summed E-state index contributed by atoms with van der Waals surface area (Å²) in [6.45, 7) is 1.98. The van der Waals surface area contributed by atoms with Crippen LogP contribution in [0.4, 0.5) is 11.6 Å². The average Bonchev–Trinajstić information content (AvgIpc) is 3.45. The van der Waals surface area contributed by atoms with Crippen molar-refractivity contribution in [1.82, 2.24) is 19.5 Å². The molecule has 0 spiro atoms. The molecule has 4 heterocycles. The van der Waals surface area contributed by atoms with E-state index in [-0.39, 0.29) is 5.91 Å². The van der Waals surface area contributed by atoms with E-state index in [9.17, 15) is 4.79 Å². The molecule has 1 amide bonds. The van der Waals surface area contributed by atoms with E-state index in [1.165, 1.54) is 12.8 Å². The van der Waals surface area contributed by atoms with Gasteiger partial charge < -0.3 is 14.8 Å². The zero-order valence-electron chi connectivity index (χ0n) is 16.7. The number of carbonyl (C=O) groups excluding carboxylic acids is 1. The Kier molecular flexibility index (Phi) is 4.63. The van der Waals surface area contributed by atoms with Crippen LogP contribution in [0, 0.1) is 0 Å². The Morgan fingerprint density at radius 1 is 1.00 bits per heavy atom. The van der Waals surface area contributed by atoms with Gasteiger partial charge in [0.15, 0.2) is 0 Å². The van der Waals surface area contributed by atoms with Crippen LogP contribution in [0.3, 0.4) is 0 Å². The molecular weight excluding hydrogens is 376 g/mol. The maximum absolute atomic E-state index is 12.8. The largest absolute Gasteiger partial charge is 0.357 e. The minimum atomic E-state index is -0.188. The van der Waals surface area contributed by atoms with Crippen LogP contribution in [0.1, 0.15) is 23.2 Å². The van der Waals surface area contributed by atoms with Crippen LogP contribution < -0.4 is 10.2 Å². The third-order valence-corrected chi connectivity index (χ3v) is 5.51. The van der Waals surface area contributed by atoms with Crippen LogP contribution in [0.5, 0.6) is 0 Å². The van der Waals surface area contributed by atoms with E-state index in [4.69, 9.17) is 0 Å². The van der Waals surface area contributed by atoms with E-state index in [0.29, 0.717) is 11.4 Å². The molecule has 0 bridgehead atoms. The molecule has 0 saturated carbocycles. The number of hydrogen-bond acceptors (Lipinski definition) is 5. The molecule has 3 aromatic heterocycles. The van der Waals surface area contributed by atoms with Crippen LogP contribution in [0.2, 0.25) is 0 Å². The van der Waals surface area contributed by atoms with Crippen LogP contribution >= 0.6 is 0 Å². The molecule has 1 aliphatic heterocycles. The van der Waals surface area contributed by atoms with Gasteiger partial charge in [-0.25, -0.2) is 15.0 Å². The predicted octanol–water partition coefficient (Wildman–Crippen LogP) is 3.88. The maximum atomic E-state index is 12.8. The number of carbonyl (C=O) groups is 1. The monoisotopic (exact) mass is 398 g/mol. The molecule has 0 radical (unpaired) electrons. The molecule has 1 saturated heterocycles. The summed E-state index contributed by atoms with van der Waals surface area (Å²) in [4.78, 5) is 28.0. The average molecular weight is 398 g/mol. The number of imidazole rings is 1. The zero-order valence-corrected chi connectivity index (χ0v) is 16.7. The number of hydrogen-bond donors (Lipinski definition) is 1. The van der Waals surface area contributed by atoms with Crippen molar-refractivity contribution in [1.29, 1.82) is 0 Å². The maximum Gasteiger partial charge on any atom is 0.257 e. The standard InChI is InChI=1S/C23H22N6O/c1-28-15-24-14-20(28)16-4-5-18-13-26-21(11-19(18)10-16)27-23(30)17-6-7-25-22(12-17)29-8-2-3-9-29/h4-7,10-15H,2-3,8-9H2,1H3,(H,26,27,30). The molecule has 0 atom stereocenters. The Morgan fingerprint density at radius 2 is 1.87 bits per heavy atom. The number of benzene rings is 1. The van der Waals surface area contributed by atoms with Crippen molar-refractivity contribution in [3.05, 3.63) is 66.9 Å². The predicted molar refractivity (Wildman–Crippen MR) is 118 cm³/mol. The lowest BCUT2D eigenvalue weighted by Crippen LogP contribution is -2.20. The van der Waals surface area contributed by atoms with Gasteiger partial charge in [0, 0.05) is 49.0 Å². The first-order valence-corrected chi connectivity index (χ1v) is 10.1. The number of nitrogens with zero attached hydrogens (tertiary/aromatic N) is 5. The lowest BCUT2D eigenvalue weighted by atomic mass is 10.1. The molecule has 1 N–H and O–H groups in total. The molecule has 1 aromatic carbocycles. The van der Waals surface area contributed by atoms with Crippen molar-refractivity contribution in [3.63, 3.8) is 0 Å². The minimum Gasteiger partial charge on any atom is -0.357 e. The summed E-state index contributed by atoms with van der Waals surface area (Å²) in [5, 5.41) is 4.94. The first kappa shape index (κ1) is 18.3. The van der Waals surface area contributed by atoms with Gasteiger partial charge in [0.1, 0.15) is 11.6 Å². The Bertz CT molecular complexity index is 1230. The third kappa shape index (κ3) is 3.50. The fraction of sp³-hybridized carbons (Fsp3) is 0.217. The molecule has 150 valence electrons. The van der Waals surface area contributed by atoms with Gasteiger partial charge in [0.05, 0.1) is 18.2 Å². The number of aromatic nitrogens is 4. The fourth-order valence-corrected chi connectivity index (χ4v) is 3.87. The second-order valence-electron chi connectivity index (χ2n) is 7.57. The lowest BCUT2D eigenvalue weighted by Gasteiger charge is -2.16. The van der Waals surface area contributed by atoms with Crippen molar-refractivity contribution < 1.29 is 4.79 Å². The highest BCUT2D eigenvalue weighted by molar-refractivity contribution is 6.05. The molecular formula is C23H22N6O. The van der Waals surface area contributed by atoms with E-state index < -0.39 is 0 Å². The summed E-state index contributed by atoms with van der Waals surface area (Å²) in [6, 6.07) is 11.6. The van der Waals surface area contributed by atoms with Gasteiger partial charge in [0.2, 0.25) is 0 Å². The first-order chi connectivity index (χ1) is 14.7. The Morgan fingerprint density at radius 3 is 2.67 bits per heavy atom. The number of rotatable bonds is 4. The SMILES string of the molecule is Cn1cncc1-c1ccc2cnc(NC(=O)c3ccnc(N4CCCC4)c3)cc2c1. The Balaban J connectivity index is 1.40. The Labute approximate surface area is 174 Å². The van der Waals surface area contributed by atoms with Crippen molar-refractivity contribution in [3.8, 4) is 11.3 Å².